The molecular weight excluding hydrogens is 523 g/mol. The Balaban J connectivity index is 1.40. The molecule has 1 saturated carbocycles. The minimum atomic E-state index is -0.561. The average molecular weight is 553 g/mol. The molecule has 0 bridgehead atoms. The number of imidazole rings is 1. The van der Waals surface area contributed by atoms with Gasteiger partial charge in [0, 0.05) is 30.8 Å². The molecule has 9 nitrogen and oxygen atoms in total. The van der Waals surface area contributed by atoms with Crippen LogP contribution in [-0.4, -0.2) is 51.1 Å². The summed E-state index contributed by atoms with van der Waals surface area (Å²) in [4.78, 5) is 33.6. The standard InChI is InChI=1S/C28H30ClFN6O3/c1-28(2,3)39-27(38)32-12-4-11-31-24-25-33-15-23(36(25)22-14-17(30)6-10-21(22)35-24)16-5-9-19(20(29)13-16)26(37)34-18-7-8-18/h5-6,9-10,13-15,18H,4,7-8,11-12H2,1-3H3,(H,31,35)(H,32,38)(H,34,37). The number of anilines is 1. The number of amides is 2. The zero-order valence-electron chi connectivity index (χ0n) is 22.0. The molecule has 0 spiro atoms. The summed E-state index contributed by atoms with van der Waals surface area (Å²) in [5.41, 5.74) is 2.86. The van der Waals surface area contributed by atoms with E-state index in [2.05, 4.69) is 25.9 Å². The summed E-state index contributed by atoms with van der Waals surface area (Å²) in [6, 6.07) is 9.81. The number of benzene rings is 2. The van der Waals surface area contributed by atoms with Gasteiger partial charge in [0.2, 0.25) is 0 Å². The SMILES string of the molecule is CC(C)(C)OC(=O)NCCCNc1nc2ccc(F)cc2n2c(-c3ccc(C(=O)NC4CC4)c(Cl)c3)cnc12. The third-order valence-electron chi connectivity index (χ3n) is 6.12. The highest BCUT2D eigenvalue weighted by Crippen LogP contribution is 2.31. The molecule has 2 aromatic heterocycles. The number of hydrogen-bond acceptors (Lipinski definition) is 6. The Bertz CT molecular complexity index is 1560. The molecule has 0 radical (unpaired) electrons. The van der Waals surface area contributed by atoms with Crippen LogP contribution < -0.4 is 16.0 Å². The number of carbonyl (C=O) groups excluding carboxylic acids is 2. The molecule has 1 aliphatic rings. The second-order valence-corrected chi connectivity index (χ2v) is 11.0. The molecule has 3 N–H and O–H groups in total. The lowest BCUT2D eigenvalue weighted by Gasteiger charge is -2.19. The zero-order valence-corrected chi connectivity index (χ0v) is 22.7. The molecule has 2 aromatic carbocycles. The highest BCUT2D eigenvalue weighted by molar-refractivity contribution is 6.34. The van der Waals surface area contributed by atoms with Crippen LogP contribution in [0, 0.1) is 5.82 Å². The van der Waals surface area contributed by atoms with Crippen molar-refractivity contribution in [3.05, 3.63) is 59.0 Å². The summed E-state index contributed by atoms with van der Waals surface area (Å²) in [7, 11) is 0. The van der Waals surface area contributed by atoms with Gasteiger partial charge in [0.1, 0.15) is 11.4 Å². The maximum atomic E-state index is 14.3. The van der Waals surface area contributed by atoms with Gasteiger partial charge in [-0.1, -0.05) is 17.7 Å². The minimum Gasteiger partial charge on any atom is -0.444 e. The van der Waals surface area contributed by atoms with Crippen molar-refractivity contribution in [3.63, 3.8) is 0 Å². The number of ether oxygens (including phenoxy) is 1. The van der Waals surface area contributed by atoms with Crippen molar-refractivity contribution >= 4 is 46.1 Å². The fourth-order valence-corrected chi connectivity index (χ4v) is 4.44. The van der Waals surface area contributed by atoms with Crippen molar-refractivity contribution in [1.82, 2.24) is 25.0 Å². The Morgan fingerprint density at radius 3 is 2.67 bits per heavy atom. The van der Waals surface area contributed by atoms with Gasteiger partial charge in [0.15, 0.2) is 11.5 Å². The normalized spacial score (nSPS) is 13.5. The Morgan fingerprint density at radius 1 is 1.15 bits per heavy atom. The van der Waals surface area contributed by atoms with Crippen molar-refractivity contribution in [2.24, 2.45) is 0 Å². The fraction of sp³-hybridized carbons (Fsp3) is 0.357. The fourth-order valence-electron chi connectivity index (χ4n) is 4.17. The van der Waals surface area contributed by atoms with Crippen molar-refractivity contribution in [2.75, 3.05) is 18.4 Å². The number of fused-ring (bicyclic) bond motifs is 3. The smallest absolute Gasteiger partial charge is 0.407 e. The van der Waals surface area contributed by atoms with Gasteiger partial charge in [0.05, 0.1) is 33.5 Å². The number of halogens is 2. The number of rotatable bonds is 8. The second-order valence-electron chi connectivity index (χ2n) is 10.5. The predicted molar refractivity (Wildman–Crippen MR) is 149 cm³/mol. The summed E-state index contributed by atoms with van der Waals surface area (Å²) >= 11 is 6.51. The second kappa shape index (κ2) is 10.7. The van der Waals surface area contributed by atoms with Crippen molar-refractivity contribution in [3.8, 4) is 11.3 Å². The summed E-state index contributed by atoms with van der Waals surface area (Å²) in [5.74, 6) is -0.0787. The molecule has 1 fully saturated rings. The van der Waals surface area contributed by atoms with E-state index in [1.807, 2.05) is 25.2 Å². The van der Waals surface area contributed by atoms with Crippen molar-refractivity contribution in [2.45, 2.75) is 51.7 Å². The highest BCUT2D eigenvalue weighted by atomic mass is 35.5. The largest absolute Gasteiger partial charge is 0.444 e. The number of aromatic nitrogens is 3. The Morgan fingerprint density at radius 2 is 1.95 bits per heavy atom. The lowest BCUT2D eigenvalue weighted by atomic mass is 10.1. The lowest BCUT2D eigenvalue weighted by molar-refractivity contribution is 0.0527. The van der Waals surface area contributed by atoms with Crippen LogP contribution in [0.3, 0.4) is 0 Å². The number of carbonyl (C=O) groups is 2. The van der Waals surface area contributed by atoms with Crippen LogP contribution >= 0.6 is 11.6 Å². The van der Waals surface area contributed by atoms with E-state index in [9.17, 15) is 14.0 Å². The molecule has 4 aromatic rings. The molecule has 0 unspecified atom stereocenters. The Kier molecular flexibility index (Phi) is 7.31. The first kappa shape index (κ1) is 26.7. The molecule has 0 aliphatic heterocycles. The Labute approximate surface area is 230 Å². The third kappa shape index (κ3) is 6.22. The van der Waals surface area contributed by atoms with Gasteiger partial charge in [-0.3, -0.25) is 9.20 Å². The third-order valence-corrected chi connectivity index (χ3v) is 6.43. The quantitative estimate of drug-likeness (QED) is 0.247. The number of hydrogen-bond donors (Lipinski definition) is 3. The maximum Gasteiger partial charge on any atom is 0.407 e. The lowest BCUT2D eigenvalue weighted by Crippen LogP contribution is -2.33. The van der Waals surface area contributed by atoms with E-state index in [1.54, 1.807) is 30.5 Å². The first-order chi connectivity index (χ1) is 18.6. The molecule has 11 heteroatoms. The van der Waals surface area contributed by atoms with Gasteiger partial charge in [-0.2, -0.15) is 0 Å². The van der Waals surface area contributed by atoms with E-state index < -0.39 is 17.5 Å². The summed E-state index contributed by atoms with van der Waals surface area (Å²) in [6.45, 7) is 6.34. The van der Waals surface area contributed by atoms with Gasteiger partial charge in [0.25, 0.3) is 5.91 Å². The molecule has 1 aliphatic carbocycles. The minimum absolute atomic E-state index is 0.198. The molecule has 2 heterocycles. The van der Waals surface area contributed by atoms with Crippen LogP contribution in [0.1, 0.15) is 50.4 Å². The molecule has 0 saturated heterocycles. The predicted octanol–water partition coefficient (Wildman–Crippen LogP) is 5.56. The van der Waals surface area contributed by atoms with Crippen LogP contribution in [0.5, 0.6) is 0 Å². The molecule has 39 heavy (non-hydrogen) atoms. The van der Waals surface area contributed by atoms with Crippen molar-refractivity contribution in [1.29, 1.82) is 0 Å². The van der Waals surface area contributed by atoms with Gasteiger partial charge >= 0.3 is 6.09 Å². The first-order valence-corrected chi connectivity index (χ1v) is 13.2. The molecule has 0 atom stereocenters. The van der Waals surface area contributed by atoms with Gasteiger partial charge in [-0.25, -0.2) is 19.2 Å². The van der Waals surface area contributed by atoms with Crippen LogP contribution in [0.4, 0.5) is 15.0 Å². The van der Waals surface area contributed by atoms with Gasteiger partial charge in [-0.15, -0.1) is 0 Å². The number of nitrogens with zero attached hydrogens (tertiary/aromatic N) is 3. The van der Waals surface area contributed by atoms with Crippen LogP contribution in [0.25, 0.3) is 27.9 Å². The van der Waals surface area contributed by atoms with E-state index in [4.69, 9.17) is 16.3 Å². The first-order valence-electron chi connectivity index (χ1n) is 12.9. The molecule has 204 valence electrons. The van der Waals surface area contributed by atoms with E-state index in [1.165, 1.54) is 12.1 Å². The van der Waals surface area contributed by atoms with Gasteiger partial charge in [-0.05, 0) is 64.3 Å². The summed E-state index contributed by atoms with van der Waals surface area (Å²) < 4.78 is 21.4. The highest BCUT2D eigenvalue weighted by Gasteiger charge is 2.25. The monoisotopic (exact) mass is 552 g/mol. The van der Waals surface area contributed by atoms with Crippen LogP contribution in [0.2, 0.25) is 5.02 Å². The average Bonchev–Trinajstić information content (AvgIpc) is 3.56. The molecular formula is C28H30ClFN6O3. The van der Waals surface area contributed by atoms with Crippen LogP contribution in [-0.2, 0) is 4.74 Å². The number of nitrogens with one attached hydrogen (secondary N) is 3. The van der Waals surface area contributed by atoms with Crippen LogP contribution in [0.15, 0.2) is 42.6 Å². The van der Waals surface area contributed by atoms with E-state index in [-0.39, 0.29) is 11.9 Å². The van der Waals surface area contributed by atoms with E-state index >= 15 is 0 Å². The van der Waals surface area contributed by atoms with E-state index in [0.29, 0.717) is 58.3 Å². The van der Waals surface area contributed by atoms with Crippen molar-refractivity contribution < 1.29 is 18.7 Å². The van der Waals surface area contributed by atoms with Gasteiger partial charge < -0.3 is 20.7 Å². The van der Waals surface area contributed by atoms with E-state index in [0.717, 1.165) is 18.4 Å². The molecule has 2 amide bonds. The number of alkyl carbamates (subject to hydrolysis) is 1. The summed E-state index contributed by atoms with van der Waals surface area (Å²) in [5, 5.41) is 9.28. The molecule has 5 rings (SSSR count). The topological polar surface area (TPSA) is 110 Å². The Hall–Kier alpha value is -3.92. The zero-order chi connectivity index (χ0) is 27.7. The summed E-state index contributed by atoms with van der Waals surface area (Å²) in [6.07, 6.45) is 3.78. The maximum absolute atomic E-state index is 14.3.